The predicted octanol–water partition coefficient (Wildman–Crippen LogP) is 3.80. The number of ether oxygens (including phenoxy) is 1. The molecule has 0 bridgehead atoms. The van der Waals surface area contributed by atoms with Crippen LogP contribution in [0.2, 0.25) is 0 Å². The summed E-state index contributed by atoms with van der Waals surface area (Å²) in [6.07, 6.45) is 13.6. The van der Waals surface area contributed by atoms with Gasteiger partial charge in [0.15, 0.2) is 5.78 Å². The molecular weight excluding hydrogens is 212 g/mol. The van der Waals surface area contributed by atoms with Crippen molar-refractivity contribution >= 4 is 5.78 Å². The lowest BCUT2D eigenvalue weighted by molar-refractivity contribution is -0.119. The number of allylic oxidation sites excluding steroid dienone is 2. The van der Waals surface area contributed by atoms with Crippen molar-refractivity contribution in [3.8, 4) is 0 Å². The van der Waals surface area contributed by atoms with Crippen LogP contribution >= 0.6 is 0 Å². The van der Waals surface area contributed by atoms with Crippen LogP contribution in [-0.2, 0) is 9.53 Å². The van der Waals surface area contributed by atoms with E-state index in [4.69, 9.17) is 4.74 Å². The van der Waals surface area contributed by atoms with E-state index in [1.54, 1.807) is 0 Å². The van der Waals surface area contributed by atoms with E-state index in [0.29, 0.717) is 12.2 Å². The van der Waals surface area contributed by atoms with E-state index in [1.165, 1.54) is 32.1 Å². The molecule has 0 amide bonds. The zero-order valence-corrected chi connectivity index (χ0v) is 10.7. The van der Waals surface area contributed by atoms with Gasteiger partial charge in [0.05, 0.1) is 6.10 Å². The smallest absolute Gasteiger partial charge is 0.161 e. The molecule has 1 aliphatic carbocycles. The van der Waals surface area contributed by atoms with Crippen LogP contribution < -0.4 is 0 Å². The summed E-state index contributed by atoms with van der Waals surface area (Å²) in [5.74, 6) is 0.346. The van der Waals surface area contributed by atoms with E-state index < -0.39 is 0 Å². The highest BCUT2D eigenvalue weighted by Crippen LogP contribution is 2.22. The van der Waals surface area contributed by atoms with Crippen molar-refractivity contribution in [2.24, 2.45) is 0 Å². The Labute approximate surface area is 104 Å². The summed E-state index contributed by atoms with van der Waals surface area (Å²) in [6.45, 7) is 0.844. The van der Waals surface area contributed by atoms with Crippen LogP contribution in [0.5, 0.6) is 0 Å². The van der Waals surface area contributed by atoms with Gasteiger partial charge in [-0.3, -0.25) is 4.79 Å². The maximum Gasteiger partial charge on any atom is 0.161 e. The highest BCUT2D eigenvalue weighted by atomic mass is 16.5. The molecule has 96 valence electrons. The van der Waals surface area contributed by atoms with Crippen molar-refractivity contribution in [1.82, 2.24) is 0 Å². The van der Waals surface area contributed by atoms with Crippen LogP contribution in [-0.4, -0.2) is 18.5 Å². The van der Waals surface area contributed by atoms with Crippen LogP contribution in [0.3, 0.4) is 0 Å². The highest BCUT2D eigenvalue weighted by Gasteiger charge is 2.19. The average Bonchev–Trinajstić information content (AvgIpc) is 2.29. The first-order chi connectivity index (χ1) is 8.36. The van der Waals surface area contributed by atoms with Crippen molar-refractivity contribution in [2.45, 2.75) is 70.3 Å². The fourth-order valence-corrected chi connectivity index (χ4v) is 2.75. The summed E-state index contributed by atoms with van der Waals surface area (Å²) in [5, 5.41) is 0. The Bertz CT molecular complexity index is 275. The molecule has 1 atom stereocenters. The van der Waals surface area contributed by atoms with Crippen molar-refractivity contribution in [3.63, 3.8) is 0 Å². The van der Waals surface area contributed by atoms with Crippen molar-refractivity contribution < 1.29 is 9.53 Å². The van der Waals surface area contributed by atoms with Gasteiger partial charge in [-0.2, -0.15) is 0 Å². The Morgan fingerprint density at radius 3 is 2.88 bits per heavy atom. The minimum absolute atomic E-state index is 0.197. The zero-order valence-electron chi connectivity index (χ0n) is 10.7. The molecule has 17 heavy (non-hydrogen) atoms. The Morgan fingerprint density at radius 1 is 1.18 bits per heavy atom. The second-order valence-corrected chi connectivity index (χ2v) is 5.30. The third-order valence-corrected chi connectivity index (χ3v) is 3.84. The van der Waals surface area contributed by atoms with Gasteiger partial charge in [-0.15, -0.1) is 0 Å². The molecular formula is C15H24O2. The number of Topliss-reactive ketones (excluding diaryl/α,β-unsaturated/α-hetero) is 1. The normalized spacial score (nSPS) is 26.8. The molecule has 2 rings (SSSR count). The lowest BCUT2D eigenvalue weighted by Gasteiger charge is -2.22. The van der Waals surface area contributed by atoms with E-state index in [2.05, 4.69) is 6.08 Å². The van der Waals surface area contributed by atoms with Crippen LogP contribution in [0.15, 0.2) is 11.6 Å². The van der Waals surface area contributed by atoms with Gasteiger partial charge in [0.2, 0.25) is 0 Å². The molecule has 1 heterocycles. The fraction of sp³-hybridized carbons (Fsp3) is 0.800. The lowest BCUT2D eigenvalue weighted by atomic mass is 9.93. The van der Waals surface area contributed by atoms with E-state index in [1.807, 2.05) is 0 Å². The van der Waals surface area contributed by atoms with Gasteiger partial charge in [0.25, 0.3) is 0 Å². The summed E-state index contributed by atoms with van der Waals surface area (Å²) in [4.78, 5) is 12.2. The van der Waals surface area contributed by atoms with Gasteiger partial charge < -0.3 is 4.74 Å². The molecule has 2 aliphatic rings. The predicted molar refractivity (Wildman–Crippen MR) is 69.0 cm³/mol. The molecule has 0 saturated carbocycles. The van der Waals surface area contributed by atoms with Gasteiger partial charge in [-0.05, 0) is 50.5 Å². The lowest BCUT2D eigenvalue weighted by Crippen LogP contribution is -2.23. The first-order valence-electron chi connectivity index (χ1n) is 7.20. The third kappa shape index (κ3) is 4.27. The molecule has 1 saturated heterocycles. The molecule has 1 aliphatic heterocycles. The monoisotopic (exact) mass is 236 g/mol. The molecule has 0 aromatic carbocycles. The number of carbonyl (C=O) groups is 1. The van der Waals surface area contributed by atoms with Crippen LogP contribution in [0.4, 0.5) is 0 Å². The number of hydrogen-bond donors (Lipinski definition) is 0. The van der Waals surface area contributed by atoms with Gasteiger partial charge in [0.1, 0.15) is 0 Å². The number of rotatable bonds is 3. The van der Waals surface area contributed by atoms with Gasteiger partial charge in [-0.1, -0.05) is 18.9 Å². The average molecular weight is 236 g/mol. The number of carbonyl (C=O) groups excluding carboxylic acids is 1. The fourth-order valence-electron chi connectivity index (χ4n) is 2.75. The summed E-state index contributed by atoms with van der Waals surface area (Å²) in [7, 11) is 0. The Morgan fingerprint density at radius 2 is 2.06 bits per heavy atom. The second kappa shape index (κ2) is 6.95. The molecule has 0 radical (unpaired) electrons. The highest BCUT2D eigenvalue weighted by molar-refractivity contribution is 5.95. The topological polar surface area (TPSA) is 26.3 Å². The quantitative estimate of drug-likeness (QED) is 0.745. The minimum Gasteiger partial charge on any atom is -0.378 e. The first kappa shape index (κ1) is 12.8. The molecule has 2 heteroatoms. The molecule has 0 N–H and O–H groups in total. The van der Waals surface area contributed by atoms with E-state index in [0.717, 1.165) is 37.9 Å². The Hall–Kier alpha value is -0.630. The molecule has 0 aromatic heterocycles. The molecule has 2 nitrogen and oxygen atoms in total. The maximum atomic E-state index is 12.2. The minimum atomic E-state index is 0.197. The molecule has 1 fully saturated rings. The standard InChI is InChI=1S/C15H24O2/c16-15(12-14-10-6-7-11-17-14)13-8-4-2-1-3-5-9-13/h8,14H,1-7,9-12H2. The van der Waals surface area contributed by atoms with Crippen LogP contribution in [0, 0.1) is 0 Å². The molecule has 0 spiro atoms. The van der Waals surface area contributed by atoms with Crippen molar-refractivity contribution in [3.05, 3.63) is 11.6 Å². The van der Waals surface area contributed by atoms with Gasteiger partial charge >= 0.3 is 0 Å². The summed E-state index contributed by atoms with van der Waals surface area (Å²) < 4.78 is 5.65. The van der Waals surface area contributed by atoms with E-state index in [-0.39, 0.29) is 6.10 Å². The van der Waals surface area contributed by atoms with Gasteiger partial charge in [0, 0.05) is 13.0 Å². The first-order valence-corrected chi connectivity index (χ1v) is 7.20. The summed E-state index contributed by atoms with van der Waals surface area (Å²) in [6, 6.07) is 0. The zero-order chi connectivity index (χ0) is 11.9. The van der Waals surface area contributed by atoms with Crippen LogP contribution in [0.25, 0.3) is 0 Å². The molecule has 0 aromatic rings. The summed E-state index contributed by atoms with van der Waals surface area (Å²) in [5.41, 5.74) is 1.08. The third-order valence-electron chi connectivity index (χ3n) is 3.84. The Balaban J connectivity index is 1.84. The van der Waals surface area contributed by atoms with Gasteiger partial charge in [-0.25, -0.2) is 0 Å². The second-order valence-electron chi connectivity index (χ2n) is 5.30. The van der Waals surface area contributed by atoms with Crippen LogP contribution in [0.1, 0.15) is 64.2 Å². The number of ketones is 1. The largest absolute Gasteiger partial charge is 0.378 e. The molecule has 1 unspecified atom stereocenters. The van der Waals surface area contributed by atoms with E-state index in [9.17, 15) is 4.79 Å². The summed E-state index contributed by atoms with van der Waals surface area (Å²) >= 11 is 0. The number of hydrogen-bond acceptors (Lipinski definition) is 2. The Kier molecular flexibility index (Phi) is 5.24. The van der Waals surface area contributed by atoms with Crippen molar-refractivity contribution in [2.75, 3.05) is 6.61 Å². The van der Waals surface area contributed by atoms with Crippen molar-refractivity contribution in [1.29, 1.82) is 0 Å². The SMILES string of the molecule is O=C(CC1CCCCO1)C1=CCCCCCC1. The maximum absolute atomic E-state index is 12.2. The van der Waals surface area contributed by atoms with E-state index >= 15 is 0 Å².